The zero-order valence-electron chi connectivity index (χ0n) is 17.8. The van der Waals surface area contributed by atoms with Gasteiger partial charge in [-0.1, -0.05) is 16.8 Å². The number of halogens is 2. The largest absolute Gasteiger partial charge is 0.480 e. The van der Waals surface area contributed by atoms with Crippen molar-refractivity contribution in [3.05, 3.63) is 53.3 Å². The number of benzene rings is 1. The monoisotopic (exact) mass is 478 g/mol. The number of carbonyl (C=O) groups excluding carboxylic acids is 1. The number of rotatable bonds is 7. The van der Waals surface area contributed by atoms with E-state index in [-0.39, 0.29) is 29.0 Å². The summed E-state index contributed by atoms with van der Waals surface area (Å²) in [6.45, 7) is 4.97. The normalized spacial score (nSPS) is 12.2. The summed E-state index contributed by atoms with van der Waals surface area (Å²) in [6.07, 6.45) is 0.137. The Hall–Kier alpha value is -3.73. The standard InChI is InChI=1S/C21H20ClFN4O6/c1-21(2,3)32-20(30)25-15(19(28)29)9-16-26-17(27-33-16)11-4-6-13(7-5-11)31-18-14(23)8-12(22)10-24-18/h4-8,10,15H,9H2,1-3H3,(H,25,30)(H,28,29)/t15-/m1/s1. The number of nitrogens with zero attached hydrogens (tertiary/aromatic N) is 3. The van der Waals surface area contributed by atoms with Gasteiger partial charge in [0, 0.05) is 11.8 Å². The van der Waals surface area contributed by atoms with Crippen LogP contribution >= 0.6 is 11.6 Å². The SMILES string of the molecule is CC(C)(C)OC(=O)N[C@H](Cc1nc(-c2ccc(Oc3ncc(Cl)cc3F)cc2)no1)C(=O)O. The van der Waals surface area contributed by atoms with Gasteiger partial charge in [-0.05, 0) is 51.1 Å². The summed E-state index contributed by atoms with van der Waals surface area (Å²) >= 11 is 5.67. The van der Waals surface area contributed by atoms with Gasteiger partial charge in [-0.15, -0.1) is 0 Å². The minimum absolute atomic E-state index is 0.00113. The molecule has 33 heavy (non-hydrogen) atoms. The maximum atomic E-state index is 13.8. The molecule has 0 radical (unpaired) electrons. The fourth-order valence-electron chi connectivity index (χ4n) is 2.54. The van der Waals surface area contributed by atoms with Crippen molar-refractivity contribution in [2.75, 3.05) is 0 Å². The van der Waals surface area contributed by atoms with E-state index < -0.39 is 29.5 Å². The van der Waals surface area contributed by atoms with Crippen molar-refractivity contribution >= 4 is 23.7 Å². The highest BCUT2D eigenvalue weighted by Gasteiger charge is 2.26. The van der Waals surface area contributed by atoms with E-state index in [0.29, 0.717) is 11.3 Å². The highest BCUT2D eigenvalue weighted by molar-refractivity contribution is 6.30. The van der Waals surface area contributed by atoms with E-state index in [2.05, 4.69) is 20.4 Å². The average molecular weight is 479 g/mol. The third-order valence-corrected chi connectivity index (χ3v) is 4.14. The number of carboxylic acids is 1. The zero-order chi connectivity index (χ0) is 24.2. The predicted octanol–water partition coefficient (Wildman–Crippen LogP) is 4.24. The molecule has 174 valence electrons. The second-order valence-electron chi connectivity index (χ2n) is 7.82. The van der Waals surface area contributed by atoms with Crippen LogP contribution in [0.2, 0.25) is 5.02 Å². The van der Waals surface area contributed by atoms with Crippen molar-refractivity contribution in [3.63, 3.8) is 0 Å². The summed E-state index contributed by atoms with van der Waals surface area (Å²) in [4.78, 5) is 31.3. The van der Waals surface area contributed by atoms with Gasteiger partial charge in [-0.25, -0.2) is 19.0 Å². The topological polar surface area (TPSA) is 137 Å². The van der Waals surface area contributed by atoms with E-state index in [9.17, 15) is 19.1 Å². The number of hydrogen-bond acceptors (Lipinski definition) is 8. The van der Waals surface area contributed by atoms with Gasteiger partial charge in [-0.2, -0.15) is 4.98 Å². The van der Waals surface area contributed by atoms with Crippen molar-refractivity contribution in [2.24, 2.45) is 0 Å². The number of carboxylic acid groups (broad SMARTS) is 1. The van der Waals surface area contributed by atoms with Gasteiger partial charge in [0.05, 0.1) is 11.4 Å². The molecule has 0 bridgehead atoms. The number of amides is 1. The molecule has 0 saturated heterocycles. The first-order valence-corrected chi connectivity index (χ1v) is 10.0. The Kier molecular flexibility index (Phi) is 7.12. The molecule has 2 N–H and O–H groups in total. The molecular formula is C21H20ClFN4O6. The van der Waals surface area contributed by atoms with Crippen LogP contribution in [0.5, 0.6) is 11.6 Å². The minimum Gasteiger partial charge on any atom is -0.480 e. The molecule has 0 aliphatic rings. The molecule has 3 rings (SSSR count). The molecule has 0 unspecified atom stereocenters. The first-order chi connectivity index (χ1) is 15.5. The number of pyridine rings is 1. The van der Waals surface area contributed by atoms with Crippen molar-refractivity contribution in [3.8, 4) is 23.0 Å². The van der Waals surface area contributed by atoms with E-state index >= 15 is 0 Å². The van der Waals surface area contributed by atoms with Gasteiger partial charge < -0.3 is 24.4 Å². The maximum Gasteiger partial charge on any atom is 0.408 e. The van der Waals surface area contributed by atoms with Crippen molar-refractivity contribution in [1.82, 2.24) is 20.4 Å². The number of aromatic nitrogens is 3. The van der Waals surface area contributed by atoms with Crippen LogP contribution in [0.1, 0.15) is 26.7 Å². The summed E-state index contributed by atoms with van der Waals surface area (Å²) in [6, 6.07) is 6.06. The van der Waals surface area contributed by atoms with E-state index in [1.165, 1.54) is 6.20 Å². The summed E-state index contributed by atoms with van der Waals surface area (Å²) in [5, 5.41) is 15.6. The van der Waals surface area contributed by atoms with Gasteiger partial charge in [-0.3, -0.25) is 0 Å². The van der Waals surface area contributed by atoms with Crippen molar-refractivity contribution in [2.45, 2.75) is 38.8 Å². The number of nitrogens with one attached hydrogen (secondary N) is 1. The second-order valence-corrected chi connectivity index (χ2v) is 8.26. The molecule has 2 heterocycles. The van der Waals surface area contributed by atoms with Crippen LogP contribution in [0.4, 0.5) is 9.18 Å². The lowest BCUT2D eigenvalue weighted by Gasteiger charge is -2.21. The predicted molar refractivity (Wildman–Crippen MR) is 114 cm³/mol. The van der Waals surface area contributed by atoms with Crippen LogP contribution in [0.15, 0.2) is 41.1 Å². The molecule has 0 fully saturated rings. The lowest BCUT2D eigenvalue weighted by molar-refractivity contribution is -0.139. The van der Waals surface area contributed by atoms with Gasteiger partial charge in [0.1, 0.15) is 17.4 Å². The number of ether oxygens (including phenoxy) is 2. The van der Waals surface area contributed by atoms with Crippen LogP contribution in [-0.4, -0.2) is 43.9 Å². The first kappa shape index (κ1) is 23.9. The van der Waals surface area contributed by atoms with Crippen LogP contribution in [0.3, 0.4) is 0 Å². The number of carbonyl (C=O) groups is 2. The first-order valence-electron chi connectivity index (χ1n) is 9.64. The van der Waals surface area contributed by atoms with Crippen LogP contribution in [0.25, 0.3) is 11.4 Å². The molecule has 2 aromatic heterocycles. The number of hydrogen-bond donors (Lipinski definition) is 2. The Morgan fingerprint density at radius 2 is 1.97 bits per heavy atom. The summed E-state index contributed by atoms with van der Waals surface area (Å²) in [5.74, 6) is -1.72. The third-order valence-electron chi connectivity index (χ3n) is 3.94. The third kappa shape index (κ3) is 6.88. The Morgan fingerprint density at radius 3 is 2.58 bits per heavy atom. The van der Waals surface area contributed by atoms with E-state index in [4.69, 9.17) is 25.6 Å². The lowest BCUT2D eigenvalue weighted by Crippen LogP contribution is -2.44. The molecule has 1 atom stereocenters. The second kappa shape index (κ2) is 9.82. The van der Waals surface area contributed by atoms with Gasteiger partial charge >= 0.3 is 12.1 Å². The van der Waals surface area contributed by atoms with Crippen molar-refractivity contribution < 1.29 is 33.1 Å². The van der Waals surface area contributed by atoms with Crippen LogP contribution in [0, 0.1) is 5.82 Å². The molecule has 12 heteroatoms. The number of aliphatic carboxylic acids is 1. The molecule has 0 spiro atoms. The van der Waals surface area contributed by atoms with Gasteiger partial charge in [0.2, 0.25) is 11.7 Å². The Bertz CT molecular complexity index is 1150. The Morgan fingerprint density at radius 1 is 1.27 bits per heavy atom. The maximum absolute atomic E-state index is 13.8. The molecule has 0 aliphatic heterocycles. The highest BCUT2D eigenvalue weighted by atomic mass is 35.5. The highest BCUT2D eigenvalue weighted by Crippen LogP contribution is 2.26. The lowest BCUT2D eigenvalue weighted by atomic mass is 10.2. The summed E-state index contributed by atoms with van der Waals surface area (Å²) in [5.41, 5.74) is -0.246. The molecular weight excluding hydrogens is 459 g/mol. The minimum atomic E-state index is -1.33. The zero-order valence-corrected chi connectivity index (χ0v) is 18.6. The smallest absolute Gasteiger partial charge is 0.408 e. The van der Waals surface area contributed by atoms with E-state index in [1.54, 1.807) is 45.0 Å². The van der Waals surface area contributed by atoms with Crippen LogP contribution in [-0.2, 0) is 16.0 Å². The van der Waals surface area contributed by atoms with E-state index in [0.717, 1.165) is 6.07 Å². The Labute approximate surface area is 192 Å². The molecule has 0 aliphatic carbocycles. The number of alkyl carbamates (subject to hydrolysis) is 1. The van der Waals surface area contributed by atoms with Gasteiger partial charge in [0.15, 0.2) is 5.82 Å². The quantitative estimate of drug-likeness (QED) is 0.510. The van der Waals surface area contributed by atoms with E-state index in [1.807, 2.05) is 0 Å². The Balaban J connectivity index is 1.66. The van der Waals surface area contributed by atoms with Gasteiger partial charge in [0.25, 0.3) is 5.88 Å². The molecule has 3 aromatic rings. The summed E-state index contributed by atoms with van der Waals surface area (Å²) in [7, 11) is 0. The molecule has 1 amide bonds. The molecule has 10 nitrogen and oxygen atoms in total. The van der Waals surface area contributed by atoms with Crippen molar-refractivity contribution in [1.29, 1.82) is 0 Å². The summed E-state index contributed by atoms with van der Waals surface area (Å²) < 4.78 is 29.4. The average Bonchev–Trinajstić information content (AvgIpc) is 3.17. The molecule has 1 aromatic carbocycles. The molecule has 0 saturated carbocycles. The fourth-order valence-corrected chi connectivity index (χ4v) is 2.68. The van der Waals surface area contributed by atoms with Crippen LogP contribution < -0.4 is 10.1 Å². The fraction of sp³-hybridized carbons (Fsp3) is 0.286.